The van der Waals surface area contributed by atoms with Crippen LogP contribution in [0.25, 0.3) is 0 Å². The molecule has 0 radical (unpaired) electrons. The summed E-state index contributed by atoms with van der Waals surface area (Å²) in [6.07, 6.45) is 0.605. The highest BCUT2D eigenvalue weighted by Crippen LogP contribution is 2.68. The quantitative estimate of drug-likeness (QED) is 0.391. The summed E-state index contributed by atoms with van der Waals surface area (Å²) < 4.78 is 2.88. The zero-order valence-electron chi connectivity index (χ0n) is 15.6. The van der Waals surface area contributed by atoms with E-state index < -0.39 is 26.3 Å². The summed E-state index contributed by atoms with van der Waals surface area (Å²) >= 11 is 1.58. The lowest BCUT2D eigenvalue weighted by molar-refractivity contribution is -0.148. The first-order valence-corrected chi connectivity index (χ1v) is 9.76. The number of nitrogens with zero attached hydrogens (tertiary/aromatic N) is 3. The van der Waals surface area contributed by atoms with Gasteiger partial charge in [0.25, 0.3) is 0 Å². The number of rotatable bonds is 4. The van der Waals surface area contributed by atoms with Crippen LogP contribution in [0.5, 0.6) is 0 Å². The number of halogens is 1. The Labute approximate surface area is 176 Å². The Morgan fingerprint density at radius 3 is 2.50 bits per heavy atom. The van der Waals surface area contributed by atoms with Crippen molar-refractivity contribution in [2.45, 2.75) is 29.4 Å². The van der Waals surface area contributed by atoms with Crippen molar-refractivity contribution in [2.24, 2.45) is 5.41 Å². The second-order valence-electron chi connectivity index (χ2n) is 6.78. The molecule has 3 rings (SSSR count). The third-order valence-corrected chi connectivity index (χ3v) is 6.90. The standard InChI is InChI=1S/C20H18IN3O4/c1-4-9-24-12(2)15(17(26)28-3)19(18(21,10-22)11-23)16(25)13-7-5-6-8-14(13)20(19,24)27/h5-8,27H,4,9H2,1-3H3/t19?,20-/m1/s1. The first-order chi connectivity index (χ1) is 13.2. The molecule has 0 spiro atoms. The van der Waals surface area contributed by atoms with Crippen LogP contribution in [-0.4, -0.2) is 38.8 Å². The molecule has 1 aromatic carbocycles. The van der Waals surface area contributed by atoms with Gasteiger partial charge in [0.2, 0.25) is 3.42 Å². The van der Waals surface area contributed by atoms with Crippen molar-refractivity contribution in [1.29, 1.82) is 10.5 Å². The summed E-state index contributed by atoms with van der Waals surface area (Å²) in [7, 11) is 1.16. The van der Waals surface area contributed by atoms with E-state index in [0.717, 1.165) is 7.11 Å². The number of alkyl halides is 1. The number of hydrogen-bond donors (Lipinski definition) is 1. The summed E-state index contributed by atoms with van der Waals surface area (Å²) in [6, 6.07) is 10.2. The summed E-state index contributed by atoms with van der Waals surface area (Å²) in [5.41, 5.74) is -3.56. The summed E-state index contributed by atoms with van der Waals surface area (Å²) in [5.74, 6) is -1.48. The van der Waals surface area contributed by atoms with Gasteiger partial charge in [0.1, 0.15) is 0 Å². The molecule has 1 aromatic rings. The second kappa shape index (κ2) is 6.57. The number of carbonyl (C=O) groups excluding carboxylic acids is 2. The number of Topliss-reactive ketones (excluding diaryl/α,β-unsaturated/α-hetero) is 1. The van der Waals surface area contributed by atoms with E-state index in [-0.39, 0.29) is 16.7 Å². The van der Waals surface area contributed by atoms with Gasteiger partial charge in [0.05, 0.1) is 24.8 Å². The predicted octanol–water partition coefficient (Wildman–Crippen LogP) is 2.41. The fourth-order valence-corrected chi connectivity index (χ4v) is 5.44. The zero-order chi connectivity index (χ0) is 20.9. The smallest absolute Gasteiger partial charge is 0.336 e. The summed E-state index contributed by atoms with van der Waals surface area (Å²) in [5, 5.41) is 32.0. The molecule has 1 aliphatic carbocycles. The predicted molar refractivity (Wildman–Crippen MR) is 107 cm³/mol. The maximum atomic E-state index is 13.8. The average Bonchev–Trinajstić information content (AvgIpc) is 3.04. The summed E-state index contributed by atoms with van der Waals surface area (Å²) in [4.78, 5) is 28.2. The highest BCUT2D eigenvalue weighted by atomic mass is 127. The maximum Gasteiger partial charge on any atom is 0.336 e. The van der Waals surface area contributed by atoms with Crippen LogP contribution in [0.15, 0.2) is 35.5 Å². The van der Waals surface area contributed by atoms with Crippen molar-refractivity contribution in [3.05, 3.63) is 46.7 Å². The van der Waals surface area contributed by atoms with Crippen molar-refractivity contribution >= 4 is 34.3 Å². The van der Waals surface area contributed by atoms with Gasteiger partial charge in [0, 0.05) is 23.4 Å². The minimum absolute atomic E-state index is 0.148. The minimum Gasteiger partial charge on any atom is -0.466 e. The van der Waals surface area contributed by atoms with Crippen LogP contribution >= 0.6 is 22.6 Å². The van der Waals surface area contributed by atoms with Crippen LogP contribution < -0.4 is 0 Å². The molecule has 1 heterocycles. The molecular weight excluding hydrogens is 473 g/mol. The molecule has 1 unspecified atom stereocenters. The molecule has 2 atom stereocenters. The first kappa shape index (κ1) is 20.3. The van der Waals surface area contributed by atoms with Gasteiger partial charge in [-0.3, -0.25) is 4.79 Å². The Morgan fingerprint density at radius 1 is 1.36 bits per heavy atom. The number of hydrogen-bond acceptors (Lipinski definition) is 7. The van der Waals surface area contributed by atoms with Crippen LogP contribution in [0, 0.1) is 28.1 Å². The number of aliphatic hydroxyl groups is 1. The first-order valence-electron chi connectivity index (χ1n) is 8.68. The van der Waals surface area contributed by atoms with E-state index in [1.807, 2.05) is 19.1 Å². The van der Waals surface area contributed by atoms with Gasteiger partial charge >= 0.3 is 5.97 Å². The van der Waals surface area contributed by atoms with Gasteiger partial charge in [-0.15, -0.1) is 0 Å². The van der Waals surface area contributed by atoms with E-state index in [9.17, 15) is 25.2 Å². The van der Waals surface area contributed by atoms with E-state index in [4.69, 9.17) is 4.74 Å². The van der Waals surface area contributed by atoms with Crippen LogP contribution in [0.4, 0.5) is 0 Å². The Bertz CT molecular complexity index is 991. The van der Waals surface area contributed by atoms with Gasteiger partial charge in [0.15, 0.2) is 16.9 Å². The number of esters is 1. The number of nitriles is 2. The Morgan fingerprint density at radius 2 is 1.96 bits per heavy atom. The molecule has 0 saturated carbocycles. The number of carbonyl (C=O) groups is 2. The van der Waals surface area contributed by atoms with Gasteiger partial charge in [-0.05, 0) is 35.9 Å². The number of ketones is 1. The fraction of sp³-hybridized carbons (Fsp3) is 0.400. The Kier molecular flexibility index (Phi) is 4.77. The van der Waals surface area contributed by atoms with Crippen LogP contribution in [0.2, 0.25) is 0 Å². The minimum atomic E-state index is -2.14. The lowest BCUT2D eigenvalue weighted by atomic mass is 9.64. The third-order valence-electron chi connectivity index (χ3n) is 5.60. The molecule has 1 N–H and O–H groups in total. The number of ether oxygens (including phenoxy) is 1. The van der Waals surface area contributed by atoms with Gasteiger partial charge in [-0.1, -0.05) is 31.2 Å². The monoisotopic (exact) mass is 491 g/mol. The molecule has 2 aliphatic rings. The van der Waals surface area contributed by atoms with E-state index in [1.165, 1.54) is 6.07 Å². The van der Waals surface area contributed by atoms with Crippen LogP contribution in [0.1, 0.15) is 36.2 Å². The van der Waals surface area contributed by atoms with Crippen molar-refractivity contribution in [2.75, 3.05) is 13.7 Å². The molecule has 28 heavy (non-hydrogen) atoms. The van der Waals surface area contributed by atoms with Crippen LogP contribution in [-0.2, 0) is 15.3 Å². The van der Waals surface area contributed by atoms with E-state index >= 15 is 0 Å². The molecule has 0 saturated heterocycles. The molecule has 0 amide bonds. The second-order valence-corrected chi connectivity index (χ2v) is 8.40. The normalized spacial score (nSPS) is 25.8. The van der Waals surface area contributed by atoms with Crippen LogP contribution in [0.3, 0.4) is 0 Å². The summed E-state index contributed by atoms with van der Waals surface area (Å²) in [6.45, 7) is 3.81. The number of benzene rings is 1. The number of methoxy groups -OCH3 is 1. The Balaban J connectivity index is 2.55. The largest absolute Gasteiger partial charge is 0.466 e. The highest BCUT2D eigenvalue weighted by Gasteiger charge is 2.80. The maximum absolute atomic E-state index is 13.8. The molecule has 0 bridgehead atoms. The molecular formula is C20H18IN3O4. The molecule has 7 nitrogen and oxygen atoms in total. The fourth-order valence-electron chi connectivity index (χ4n) is 4.55. The SMILES string of the molecule is CCCN1C(C)=C(C(=O)OC)C2(C(I)(C#N)C#N)C(=O)c3ccccc3[C@]12O. The van der Waals surface area contributed by atoms with E-state index in [2.05, 4.69) is 0 Å². The molecule has 8 heteroatoms. The lowest BCUT2D eigenvalue weighted by Crippen LogP contribution is -2.61. The van der Waals surface area contributed by atoms with Crippen molar-refractivity contribution < 1.29 is 19.4 Å². The lowest BCUT2D eigenvalue weighted by Gasteiger charge is -2.45. The van der Waals surface area contributed by atoms with E-state index in [1.54, 1.807) is 52.6 Å². The highest BCUT2D eigenvalue weighted by molar-refractivity contribution is 14.1. The van der Waals surface area contributed by atoms with Gasteiger partial charge in [-0.25, -0.2) is 4.79 Å². The number of allylic oxidation sites excluding steroid dienone is 1. The number of fused-ring (bicyclic) bond motifs is 3. The van der Waals surface area contributed by atoms with Crippen molar-refractivity contribution in [1.82, 2.24) is 4.90 Å². The third kappa shape index (κ3) is 2.00. The molecule has 1 aliphatic heterocycles. The van der Waals surface area contributed by atoms with E-state index in [0.29, 0.717) is 18.7 Å². The van der Waals surface area contributed by atoms with Gasteiger partial charge < -0.3 is 14.7 Å². The zero-order valence-corrected chi connectivity index (χ0v) is 17.8. The molecule has 0 aromatic heterocycles. The topological polar surface area (TPSA) is 114 Å². The van der Waals surface area contributed by atoms with Gasteiger partial charge in [-0.2, -0.15) is 10.5 Å². The molecule has 144 valence electrons. The van der Waals surface area contributed by atoms with Crippen molar-refractivity contribution in [3.63, 3.8) is 0 Å². The van der Waals surface area contributed by atoms with Crippen molar-refractivity contribution in [3.8, 4) is 12.1 Å². The molecule has 0 fully saturated rings. The average molecular weight is 491 g/mol. The Hall–Kier alpha value is -2.43.